The first-order valence-corrected chi connectivity index (χ1v) is 6.92. The van der Waals surface area contributed by atoms with Gasteiger partial charge in [-0.2, -0.15) is 0 Å². The molecule has 0 aromatic heterocycles. The first kappa shape index (κ1) is 15.8. The summed E-state index contributed by atoms with van der Waals surface area (Å²) < 4.78 is 5.33. The predicted molar refractivity (Wildman–Crippen MR) is 71.0 cm³/mol. The molecule has 3 N–H and O–H groups in total. The van der Waals surface area contributed by atoms with Crippen molar-refractivity contribution in [3.8, 4) is 0 Å². The van der Waals surface area contributed by atoms with Crippen LogP contribution in [-0.4, -0.2) is 43.4 Å². The van der Waals surface area contributed by atoms with Gasteiger partial charge in [0.1, 0.15) is 0 Å². The van der Waals surface area contributed by atoms with E-state index in [4.69, 9.17) is 9.84 Å². The molecule has 0 bridgehead atoms. The highest BCUT2D eigenvalue weighted by molar-refractivity contribution is 5.73. The molecule has 0 saturated carbocycles. The molecule has 0 aliphatic carbocycles. The second-order valence-electron chi connectivity index (χ2n) is 5.10. The second kappa shape index (κ2) is 8.74. The summed E-state index contributed by atoms with van der Waals surface area (Å²) >= 11 is 0. The van der Waals surface area contributed by atoms with Gasteiger partial charge in [-0.05, 0) is 31.6 Å². The van der Waals surface area contributed by atoms with Crippen LogP contribution >= 0.6 is 0 Å². The zero-order valence-corrected chi connectivity index (χ0v) is 11.5. The summed E-state index contributed by atoms with van der Waals surface area (Å²) in [6.45, 7) is 4.36. The molecule has 1 aliphatic rings. The van der Waals surface area contributed by atoms with Gasteiger partial charge in [0.2, 0.25) is 0 Å². The van der Waals surface area contributed by atoms with Crippen LogP contribution in [0.25, 0.3) is 0 Å². The molecule has 6 heteroatoms. The number of carbonyl (C=O) groups excluding carboxylic acids is 1. The summed E-state index contributed by atoms with van der Waals surface area (Å²) in [5.74, 6) is -0.738. The highest BCUT2D eigenvalue weighted by Crippen LogP contribution is 2.11. The van der Waals surface area contributed by atoms with E-state index in [9.17, 15) is 9.59 Å². The zero-order valence-electron chi connectivity index (χ0n) is 11.5. The Hall–Kier alpha value is -1.30. The van der Waals surface area contributed by atoms with E-state index in [1.54, 1.807) is 6.92 Å². The fraction of sp³-hybridized carbons (Fsp3) is 0.846. The Morgan fingerprint density at radius 1 is 1.42 bits per heavy atom. The van der Waals surface area contributed by atoms with Crippen LogP contribution < -0.4 is 10.6 Å². The number of urea groups is 1. The number of amides is 2. The molecule has 1 fully saturated rings. The number of carbonyl (C=O) groups is 2. The van der Waals surface area contributed by atoms with Gasteiger partial charge in [0, 0.05) is 19.7 Å². The van der Waals surface area contributed by atoms with Gasteiger partial charge in [0.15, 0.2) is 0 Å². The molecular formula is C13H24N2O4. The van der Waals surface area contributed by atoms with Crippen molar-refractivity contribution in [2.24, 2.45) is 11.8 Å². The summed E-state index contributed by atoms with van der Waals surface area (Å²) in [7, 11) is 0. The average molecular weight is 272 g/mol. The van der Waals surface area contributed by atoms with E-state index in [-0.39, 0.29) is 11.9 Å². The Bertz CT molecular complexity index is 290. The number of hydrogen-bond donors (Lipinski definition) is 3. The van der Waals surface area contributed by atoms with Gasteiger partial charge in [-0.25, -0.2) is 4.79 Å². The molecule has 2 unspecified atom stereocenters. The lowest BCUT2D eigenvalue weighted by atomic mass is 10.0. The molecule has 1 saturated heterocycles. The molecule has 0 radical (unpaired) electrons. The van der Waals surface area contributed by atoms with E-state index >= 15 is 0 Å². The van der Waals surface area contributed by atoms with Gasteiger partial charge in [-0.1, -0.05) is 6.92 Å². The SMILES string of the molecule is CC(CCCNC(=O)NCC1CCCOC1)C(=O)O. The van der Waals surface area contributed by atoms with Crippen LogP contribution in [0, 0.1) is 11.8 Å². The van der Waals surface area contributed by atoms with Crippen molar-refractivity contribution >= 4 is 12.0 Å². The number of nitrogens with one attached hydrogen (secondary N) is 2. The van der Waals surface area contributed by atoms with Crippen LogP contribution in [0.3, 0.4) is 0 Å². The minimum atomic E-state index is -0.790. The van der Waals surface area contributed by atoms with E-state index in [2.05, 4.69) is 10.6 Å². The first-order chi connectivity index (χ1) is 9.09. The highest BCUT2D eigenvalue weighted by Gasteiger charge is 2.14. The summed E-state index contributed by atoms with van der Waals surface area (Å²) in [6, 6.07) is -0.187. The van der Waals surface area contributed by atoms with Crippen molar-refractivity contribution in [1.29, 1.82) is 0 Å². The maximum Gasteiger partial charge on any atom is 0.314 e. The van der Waals surface area contributed by atoms with E-state index in [1.165, 1.54) is 0 Å². The van der Waals surface area contributed by atoms with Crippen molar-refractivity contribution < 1.29 is 19.4 Å². The fourth-order valence-electron chi connectivity index (χ4n) is 2.00. The summed E-state index contributed by atoms with van der Waals surface area (Å²) in [5, 5.41) is 14.3. The molecule has 19 heavy (non-hydrogen) atoms. The molecule has 0 spiro atoms. The van der Waals surface area contributed by atoms with Crippen molar-refractivity contribution in [3.05, 3.63) is 0 Å². The van der Waals surface area contributed by atoms with Crippen LogP contribution in [0.1, 0.15) is 32.6 Å². The molecule has 1 heterocycles. The Kier molecular flexibility index (Phi) is 7.25. The van der Waals surface area contributed by atoms with Crippen LogP contribution in [-0.2, 0) is 9.53 Å². The summed E-state index contributed by atoms with van der Waals surface area (Å²) in [6.07, 6.45) is 3.40. The van der Waals surface area contributed by atoms with Crippen molar-refractivity contribution in [2.45, 2.75) is 32.6 Å². The Morgan fingerprint density at radius 3 is 2.84 bits per heavy atom. The van der Waals surface area contributed by atoms with E-state index in [0.29, 0.717) is 31.8 Å². The number of ether oxygens (including phenoxy) is 1. The Balaban J connectivity index is 2.00. The third-order valence-corrected chi connectivity index (χ3v) is 3.33. The van der Waals surface area contributed by atoms with Gasteiger partial charge >= 0.3 is 12.0 Å². The monoisotopic (exact) mass is 272 g/mol. The third kappa shape index (κ3) is 7.00. The highest BCUT2D eigenvalue weighted by atomic mass is 16.5. The van der Waals surface area contributed by atoms with E-state index < -0.39 is 5.97 Å². The van der Waals surface area contributed by atoms with Gasteiger partial charge in [0.05, 0.1) is 12.5 Å². The summed E-state index contributed by atoms with van der Waals surface area (Å²) in [5.41, 5.74) is 0. The average Bonchev–Trinajstić information content (AvgIpc) is 2.42. The molecule has 110 valence electrons. The largest absolute Gasteiger partial charge is 0.481 e. The maximum absolute atomic E-state index is 11.5. The molecule has 0 aromatic carbocycles. The lowest BCUT2D eigenvalue weighted by Gasteiger charge is -2.22. The normalized spacial score (nSPS) is 20.6. The standard InChI is InChI=1S/C13H24N2O4/c1-10(12(16)17)4-2-6-14-13(18)15-8-11-5-3-7-19-9-11/h10-11H,2-9H2,1H3,(H,16,17)(H2,14,15,18). The van der Waals surface area contributed by atoms with Gasteiger partial charge in [0.25, 0.3) is 0 Å². The predicted octanol–water partition coefficient (Wildman–Crippen LogP) is 1.21. The van der Waals surface area contributed by atoms with Crippen LogP contribution in [0.4, 0.5) is 4.79 Å². The van der Waals surface area contributed by atoms with Crippen molar-refractivity contribution in [1.82, 2.24) is 10.6 Å². The van der Waals surface area contributed by atoms with Gasteiger partial charge < -0.3 is 20.5 Å². The smallest absolute Gasteiger partial charge is 0.314 e. The molecule has 1 aliphatic heterocycles. The Labute approximate surface area is 113 Å². The zero-order chi connectivity index (χ0) is 14.1. The minimum absolute atomic E-state index is 0.187. The van der Waals surface area contributed by atoms with Crippen molar-refractivity contribution in [3.63, 3.8) is 0 Å². The number of hydrogen-bond acceptors (Lipinski definition) is 3. The molecule has 2 amide bonds. The topological polar surface area (TPSA) is 87.7 Å². The number of carboxylic acids is 1. The van der Waals surface area contributed by atoms with Gasteiger partial charge in [-0.15, -0.1) is 0 Å². The minimum Gasteiger partial charge on any atom is -0.481 e. The van der Waals surface area contributed by atoms with E-state index in [0.717, 1.165) is 26.1 Å². The summed E-state index contributed by atoms with van der Waals surface area (Å²) in [4.78, 5) is 22.1. The molecule has 2 atom stereocenters. The second-order valence-corrected chi connectivity index (χ2v) is 5.10. The van der Waals surface area contributed by atoms with Crippen LogP contribution in [0.15, 0.2) is 0 Å². The third-order valence-electron chi connectivity index (χ3n) is 3.33. The number of carboxylic acid groups (broad SMARTS) is 1. The molecular weight excluding hydrogens is 248 g/mol. The number of aliphatic carboxylic acids is 1. The lowest BCUT2D eigenvalue weighted by Crippen LogP contribution is -2.40. The van der Waals surface area contributed by atoms with Crippen LogP contribution in [0.5, 0.6) is 0 Å². The molecule has 0 aromatic rings. The van der Waals surface area contributed by atoms with Gasteiger partial charge in [-0.3, -0.25) is 4.79 Å². The lowest BCUT2D eigenvalue weighted by molar-refractivity contribution is -0.141. The van der Waals surface area contributed by atoms with E-state index in [1.807, 2.05) is 0 Å². The maximum atomic E-state index is 11.5. The fourth-order valence-corrected chi connectivity index (χ4v) is 2.00. The van der Waals surface area contributed by atoms with Crippen LogP contribution in [0.2, 0.25) is 0 Å². The molecule has 1 rings (SSSR count). The molecule has 6 nitrogen and oxygen atoms in total. The Morgan fingerprint density at radius 2 is 2.21 bits per heavy atom. The van der Waals surface area contributed by atoms with Crippen molar-refractivity contribution in [2.75, 3.05) is 26.3 Å². The first-order valence-electron chi connectivity index (χ1n) is 6.92. The number of rotatable bonds is 7. The quantitative estimate of drug-likeness (QED) is 0.608.